The smallest absolute Gasteiger partial charge is 0.309 e. The van der Waals surface area contributed by atoms with Crippen molar-refractivity contribution < 1.29 is 19.1 Å². The Balaban J connectivity index is 1.59. The Morgan fingerprint density at radius 2 is 1.93 bits per heavy atom. The van der Waals surface area contributed by atoms with Crippen LogP contribution in [0.15, 0.2) is 18.2 Å². The molecule has 146 valence electrons. The predicted molar refractivity (Wildman–Crippen MR) is 103 cm³/mol. The first-order valence-electron chi connectivity index (χ1n) is 9.42. The fourth-order valence-corrected chi connectivity index (χ4v) is 3.90. The Labute approximate surface area is 164 Å². The SMILES string of the molecule is CCOC(=O)C1CCN(C(=O)C2CC(=O)N(c3ccc(C)c(Cl)c3)C2)CC1. The van der Waals surface area contributed by atoms with E-state index in [-0.39, 0.29) is 36.0 Å². The number of anilines is 1. The lowest BCUT2D eigenvalue weighted by Crippen LogP contribution is -2.44. The van der Waals surface area contributed by atoms with Crippen LogP contribution in [0.2, 0.25) is 5.02 Å². The molecular formula is C20H25ClN2O4. The lowest BCUT2D eigenvalue weighted by molar-refractivity contribution is -0.151. The van der Waals surface area contributed by atoms with Gasteiger partial charge in [-0.2, -0.15) is 0 Å². The van der Waals surface area contributed by atoms with E-state index >= 15 is 0 Å². The van der Waals surface area contributed by atoms with E-state index in [1.165, 1.54) is 0 Å². The lowest BCUT2D eigenvalue weighted by Gasteiger charge is -2.32. The summed E-state index contributed by atoms with van der Waals surface area (Å²) in [6, 6.07) is 5.50. The van der Waals surface area contributed by atoms with Crippen LogP contribution in [0.25, 0.3) is 0 Å². The number of hydrogen-bond donors (Lipinski definition) is 0. The number of carbonyl (C=O) groups is 3. The van der Waals surface area contributed by atoms with Crippen molar-refractivity contribution in [1.82, 2.24) is 4.90 Å². The zero-order chi connectivity index (χ0) is 19.6. The molecule has 27 heavy (non-hydrogen) atoms. The van der Waals surface area contributed by atoms with Crippen molar-refractivity contribution in [2.45, 2.75) is 33.1 Å². The first kappa shape index (κ1) is 19.7. The number of nitrogens with zero attached hydrogens (tertiary/aromatic N) is 2. The van der Waals surface area contributed by atoms with Gasteiger partial charge in [0.15, 0.2) is 0 Å². The van der Waals surface area contributed by atoms with Crippen LogP contribution in [0, 0.1) is 18.8 Å². The van der Waals surface area contributed by atoms with Crippen LogP contribution in [0.4, 0.5) is 5.69 Å². The number of aryl methyl sites for hydroxylation is 1. The van der Waals surface area contributed by atoms with E-state index < -0.39 is 0 Å². The van der Waals surface area contributed by atoms with Crippen molar-refractivity contribution in [1.29, 1.82) is 0 Å². The van der Waals surface area contributed by atoms with Gasteiger partial charge in [0.25, 0.3) is 0 Å². The van der Waals surface area contributed by atoms with Gasteiger partial charge in [-0.1, -0.05) is 17.7 Å². The molecule has 2 amide bonds. The van der Waals surface area contributed by atoms with Crippen molar-refractivity contribution in [3.63, 3.8) is 0 Å². The molecule has 1 atom stereocenters. The topological polar surface area (TPSA) is 66.9 Å². The van der Waals surface area contributed by atoms with Crippen molar-refractivity contribution in [3.05, 3.63) is 28.8 Å². The van der Waals surface area contributed by atoms with Crippen LogP contribution in [-0.2, 0) is 19.1 Å². The molecule has 1 aromatic rings. The number of ether oxygens (including phenoxy) is 1. The van der Waals surface area contributed by atoms with Crippen LogP contribution >= 0.6 is 11.6 Å². The number of esters is 1. The Kier molecular flexibility index (Phi) is 6.05. The van der Waals surface area contributed by atoms with Gasteiger partial charge in [-0.15, -0.1) is 0 Å². The molecule has 7 heteroatoms. The van der Waals surface area contributed by atoms with E-state index in [0.717, 1.165) is 11.3 Å². The molecule has 1 unspecified atom stereocenters. The van der Waals surface area contributed by atoms with Gasteiger partial charge in [-0.05, 0) is 44.4 Å². The minimum atomic E-state index is -0.350. The van der Waals surface area contributed by atoms with E-state index in [2.05, 4.69) is 0 Å². The second-order valence-electron chi connectivity index (χ2n) is 7.19. The minimum Gasteiger partial charge on any atom is -0.466 e. The summed E-state index contributed by atoms with van der Waals surface area (Å²) in [5, 5.41) is 0.608. The molecular weight excluding hydrogens is 368 g/mol. The zero-order valence-electron chi connectivity index (χ0n) is 15.7. The van der Waals surface area contributed by atoms with Gasteiger partial charge in [0.1, 0.15) is 0 Å². The molecule has 0 aromatic heterocycles. The average molecular weight is 393 g/mol. The Bertz CT molecular complexity index is 743. The molecule has 2 saturated heterocycles. The first-order chi connectivity index (χ1) is 12.9. The fraction of sp³-hybridized carbons (Fsp3) is 0.550. The summed E-state index contributed by atoms with van der Waals surface area (Å²) in [7, 11) is 0. The third kappa shape index (κ3) is 4.26. The molecule has 2 fully saturated rings. The molecule has 2 aliphatic rings. The van der Waals surface area contributed by atoms with Crippen LogP contribution in [0.1, 0.15) is 31.7 Å². The molecule has 3 rings (SSSR count). The summed E-state index contributed by atoms with van der Waals surface area (Å²) < 4.78 is 5.07. The number of hydrogen-bond acceptors (Lipinski definition) is 4. The number of rotatable bonds is 4. The maximum absolute atomic E-state index is 12.9. The van der Waals surface area contributed by atoms with Crippen LogP contribution in [0.5, 0.6) is 0 Å². The van der Waals surface area contributed by atoms with E-state index in [1.54, 1.807) is 22.8 Å². The van der Waals surface area contributed by atoms with Crippen molar-refractivity contribution >= 4 is 35.1 Å². The van der Waals surface area contributed by atoms with Gasteiger partial charge in [-0.25, -0.2) is 0 Å². The van der Waals surface area contributed by atoms with E-state index in [9.17, 15) is 14.4 Å². The van der Waals surface area contributed by atoms with Crippen molar-refractivity contribution in [3.8, 4) is 0 Å². The van der Waals surface area contributed by atoms with Gasteiger partial charge in [0, 0.05) is 36.8 Å². The number of likely N-dealkylation sites (tertiary alicyclic amines) is 1. The molecule has 0 N–H and O–H groups in total. The van der Waals surface area contributed by atoms with Crippen LogP contribution in [-0.4, -0.2) is 48.9 Å². The van der Waals surface area contributed by atoms with Crippen LogP contribution in [0.3, 0.4) is 0 Å². The number of piperidine rings is 1. The Hall–Kier alpha value is -2.08. The standard InChI is InChI=1S/C20H25ClN2O4/c1-3-27-20(26)14-6-8-22(9-7-14)19(25)15-10-18(24)23(12-15)16-5-4-13(2)17(21)11-16/h4-5,11,14-15H,3,6-10,12H2,1-2H3. The fourth-order valence-electron chi connectivity index (χ4n) is 3.73. The molecule has 2 aliphatic heterocycles. The third-order valence-electron chi connectivity index (χ3n) is 5.37. The molecule has 2 heterocycles. The van der Waals surface area contributed by atoms with E-state index in [0.29, 0.717) is 44.1 Å². The molecule has 0 saturated carbocycles. The largest absolute Gasteiger partial charge is 0.466 e. The summed E-state index contributed by atoms with van der Waals surface area (Å²) >= 11 is 6.17. The van der Waals surface area contributed by atoms with Gasteiger partial charge in [0.05, 0.1) is 18.4 Å². The Morgan fingerprint density at radius 3 is 2.56 bits per heavy atom. The quantitative estimate of drug-likeness (QED) is 0.739. The van der Waals surface area contributed by atoms with Crippen molar-refractivity contribution in [2.24, 2.45) is 11.8 Å². The van der Waals surface area contributed by atoms with E-state index in [4.69, 9.17) is 16.3 Å². The second-order valence-corrected chi connectivity index (χ2v) is 7.60. The molecule has 1 aromatic carbocycles. The highest BCUT2D eigenvalue weighted by atomic mass is 35.5. The average Bonchev–Trinajstić information content (AvgIpc) is 3.05. The number of halogens is 1. The highest BCUT2D eigenvalue weighted by Gasteiger charge is 2.38. The van der Waals surface area contributed by atoms with Gasteiger partial charge >= 0.3 is 5.97 Å². The van der Waals surface area contributed by atoms with Gasteiger partial charge in [-0.3, -0.25) is 14.4 Å². The summed E-state index contributed by atoms with van der Waals surface area (Å²) in [6.07, 6.45) is 1.44. The maximum atomic E-state index is 12.9. The summed E-state index contributed by atoms with van der Waals surface area (Å²) in [5.41, 5.74) is 1.68. The highest BCUT2D eigenvalue weighted by molar-refractivity contribution is 6.31. The highest BCUT2D eigenvalue weighted by Crippen LogP contribution is 2.30. The number of benzene rings is 1. The number of carbonyl (C=O) groups excluding carboxylic acids is 3. The molecule has 0 aliphatic carbocycles. The normalized spacial score (nSPS) is 20.9. The third-order valence-corrected chi connectivity index (χ3v) is 5.78. The molecule has 0 radical (unpaired) electrons. The second kappa shape index (κ2) is 8.30. The number of amides is 2. The molecule has 6 nitrogen and oxygen atoms in total. The molecule has 0 spiro atoms. The first-order valence-corrected chi connectivity index (χ1v) is 9.80. The monoisotopic (exact) mass is 392 g/mol. The lowest BCUT2D eigenvalue weighted by atomic mass is 9.95. The predicted octanol–water partition coefficient (Wildman–Crippen LogP) is 2.80. The summed E-state index contributed by atoms with van der Waals surface area (Å²) in [4.78, 5) is 40.5. The summed E-state index contributed by atoms with van der Waals surface area (Å²) in [6.45, 7) is 5.51. The van der Waals surface area contributed by atoms with Gasteiger partial charge < -0.3 is 14.5 Å². The van der Waals surface area contributed by atoms with Gasteiger partial charge in [0.2, 0.25) is 11.8 Å². The van der Waals surface area contributed by atoms with Crippen molar-refractivity contribution in [2.75, 3.05) is 31.1 Å². The minimum absolute atomic E-state index is 0.00799. The maximum Gasteiger partial charge on any atom is 0.309 e. The van der Waals surface area contributed by atoms with Crippen LogP contribution < -0.4 is 4.90 Å². The Morgan fingerprint density at radius 1 is 1.22 bits per heavy atom. The van der Waals surface area contributed by atoms with E-state index in [1.807, 2.05) is 19.1 Å². The summed E-state index contributed by atoms with van der Waals surface area (Å²) in [5.74, 6) is -0.730. The molecule has 0 bridgehead atoms. The zero-order valence-corrected chi connectivity index (χ0v) is 16.5.